The van der Waals surface area contributed by atoms with Crippen molar-refractivity contribution in [1.82, 2.24) is 0 Å². The molecule has 1 N–H and O–H groups in total. The Labute approximate surface area is 106 Å². The molecule has 0 aromatic carbocycles. The predicted octanol–water partition coefficient (Wildman–Crippen LogP) is 3.13. The van der Waals surface area contributed by atoms with Crippen molar-refractivity contribution in [3.63, 3.8) is 0 Å². The lowest BCUT2D eigenvalue weighted by atomic mass is 9.99. The van der Waals surface area contributed by atoms with Crippen molar-refractivity contribution >= 4 is 5.97 Å². The molecule has 0 atom stereocenters. The molecule has 0 heterocycles. The summed E-state index contributed by atoms with van der Waals surface area (Å²) in [6.45, 7) is 2.32. The highest BCUT2D eigenvalue weighted by atomic mass is 16.5. The molecule has 0 aliphatic heterocycles. The molecule has 0 aromatic heterocycles. The van der Waals surface area contributed by atoms with E-state index in [0.717, 1.165) is 17.6 Å². The fourth-order valence-corrected chi connectivity index (χ4v) is 2.09. The van der Waals surface area contributed by atoms with Crippen molar-refractivity contribution in [2.75, 3.05) is 6.61 Å². The first-order valence-electron chi connectivity index (χ1n) is 6.08. The molecule has 94 valence electrons. The number of carbonyl (C=O) groups is 1. The van der Waals surface area contributed by atoms with Gasteiger partial charge < -0.3 is 9.84 Å². The number of allylic oxidation sites excluding steroid dienone is 8. The Bertz CT molecular complexity index is 502. The maximum Gasteiger partial charge on any atom is 0.340 e. The van der Waals surface area contributed by atoms with Gasteiger partial charge in [-0.05, 0) is 37.0 Å². The van der Waals surface area contributed by atoms with Crippen LogP contribution in [0.25, 0.3) is 0 Å². The minimum absolute atomic E-state index is 0.253. The lowest BCUT2D eigenvalue weighted by Crippen LogP contribution is -2.09. The van der Waals surface area contributed by atoms with Crippen molar-refractivity contribution in [2.45, 2.75) is 19.8 Å². The first kappa shape index (κ1) is 12.4. The van der Waals surface area contributed by atoms with E-state index in [0.29, 0.717) is 18.8 Å². The first-order chi connectivity index (χ1) is 8.74. The molecule has 3 nitrogen and oxygen atoms in total. The van der Waals surface area contributed by atoms with E-state index in [9.17, 15) is 9.90 Å². The Morgan fingerprint density at radius 2 is 2.06 bits per heavy atom. The van der Waals surface area contributed by atoms with E-state index in [4.69, 9.17) is 4.74 Å². The Balaban J connectivity index is 2.58. The van der Waals surface area contributed by atoms with Gasteiger partial charge in [0.05, 0.1) is 6.61 Å². The van der Waals surface area contributed by atoms with Gasteiger partial charge in [0.1, 0.15) is 11.3 Å². The largest absolute Gasteiger partial charge is 0.493 e. The maximum atomic E-state index is 11.5. The molecule has 0 bridgehead atoms. The fourth-order valence-electron chi connectivity index (χ4n) is 2.09. The quantitative estimate of drug-likeness (QED) is 0.829. The summed E-state index contributed by atoms with van der Waals surface area (Å²) in [6, 6.07) is 0. The first-order valence-corrected chi connectivity index (χ1v) is 6.08. The summed E-state index contributed by atoms with van der Waals surface area (Å²) in [7, 11) is 0. The maximum absolute atomic E-state index is 11.5. The predicted molar refractivity (Wildman–Crippen MR) is 70.0 cm³/mol. The lowest BCUT2D eigenvalue weighted by Gasteiger charge is -2.12. The number of carboxylic acids is 1. The van der Waals surface area contributed by atoms with Crippen molar-refractivity contribution in [1.29, 1.82) is 0 Å². The van der Waals surface area contributed by atoms with Crippen LogP contribution in [0.2, 0.25) is 0 Å². The third-order valence-corrected chi connectivity index (χ3v) is 2.84. The van der Waals surface area contributed by atoms with E-state index in [-0.39, 0.29) is 5.57 Å². The van der Waals surface area contributed by atoms with Gasteiger partial charge in [-0.3, -0.25) is 0 Å². The van der Waals surface area contributed by atoms with Crippen LogP contribution in [0, 0.1) is 0 Å². The van der Waals surface area contributed by atoms with Crippen LogP contribution in [0.15, 0.2) is 58.9 Å². The molecule has 0 spiro atoms. The van der Waals surface area contributed by atoms with Gasteiger partial charge in [0.2, 0.25) is 0 Å². The van der Waals surface area contributed by atoms with Crippen molar-refractivity contribution < 1.29 is 14.6 Å². The zero-order valence-corrected chi connectivity index (χ0v) is 10.3. The Hall–Kier alpha value is -2.03. The van der Waals surface area contributed by atoms with E-state index in [2.05, 4.69) is 0 Å². The topological polar surface area (TPSA) is 46.5 Å². The van der Waals surface area contributed by atoms with E-state index < -0.39 is 5.97 Å². The van der Waals surface area contributed by atoms with Gasteiger partial charge in [0.15, 0.2) is 0 Å². The van der Waals surface area contributed by atoms with Crippen LogP contribution < -0.4 is 0 Å². The van der Waals surface area contributed by atoms with E-state index in [1.165, 1.54) is 0 Å². The molecular formula is C15H16O3. The highest BCUT2D eigenvalue weighted by Gasteiger charge is 2.22. The van der Waals surface area contributed by atoms with Gasteiger partial charge in [-0.2, -0.15) is 0 Å². The highest BCUT2D eigenvalue weighted by Crippen LogP contribution is 2.29. The minimum Gasteiger partial charge on any atom is -0.493 e. The van der Waals surface area contributed by atoms with Gasteiger partial charge in [-0.15, -0.1) is 0 Å². The summed E-state index contributed by atoms with van der Waals surface area (Å²) < 4.78 is 5.46. The zero-order chi connectivity index (χ0) is 13.0. The summed E-state index contributed by atoms with van der Waals surface area (Å²) in [5, 5.41) is 9.43. The average molecular weight is 244 g/mol. The van der Waals surface area contributed by atoms with Gasteiger partial charge in [0.25, 0.3) is 0 Å². The number of aliphatic carboxylic acids is 1. The Morgan fingerprint density at radius 3 is 2.78 bits per heavy atom. The summed E-state index contributed by atoms with van der Waals surface area (Å²) in [6.07, 6.45) is 13.2. The molecule has 0 aromatic rings. The second-order valence-electron chi connectivity index (χ2n) is 4.03. The van der Waals surface area contributed by atoms with Crippen molar-refractivity contribution in [3.05, 3.63) is 58.9 Å². The zero-order valence-electron chi connectivity index (χ0n) is 10.3. The summed E-state index contributed by atoms with van der Waals surface area (Å²) in [5.74, 6) is -0.483. The van der Waals surface area contributed by atoms with Crippen LogP contribution in [0.1, 0.15) is 19.8 Å². The minimum atomic E-state index is -0.947. The van der Waals surface area contributed by atoms with Crippen LogP contribution in [0.5, 0.6) is 0 Å². The van der Waals surface area contributed by atoms with Crippen LogP contribution in [0.4, 0.5) is 0 Å². The number of carboxylic acid groups (broad SMARTS) is 1. The Morgan fingerprint density at radius 1 is 1.28 bits per heavy atom. The third kappa shape index (κ3) is 2.45. The smallest absolute Gasteiger partial charge is 0.340 e. The van der Waals surface area contributed by atoms with Crippen LogP contribution in [-0.4, -0.2) is 17.7 Å². The fraction of sp³-hybridized carbons (Fsp3) is 0.267. The van der Waals surface area contributed by atoms with Gasteiger partial charge >= 0.3 is 5.97 Å². The van der Waals surface area contributed by atoms with E-state index in [1.807, 2.05) is 43.4 Å². The van der Waals surface area contributed by atoms with Gasteiger partial charge in [0, 0.05) is 0 Å². The number of hydrogen-bond acceptors (Lipinski definition) is 2. The van der Waals surface area contributed by atoms with E-state index in [1.54, 1.807) is 0 Å². The molecule has 0 amide bonds. The molecule has 2 aliphatic rings. The molecule has 2 aliphatic carbocycles. The van der Waals surface area contributed by atoms with Crippen LogP contribution >= 0.6 is 0 Å². The summed E-state index contributed by atoms with van der Waals surface area (Å²) in [5.41, 5.74) is 1.93. The summed E-state index contributed by atoms with van der Waals surface area (Å²) >= 11 is 0. The van der Waals surface area contributed by atoms with Gasteiger partial charge in [-0.25, -0.2) is 4.79 Å². The number of hydrogen-bond donors (Lipinski definition) is 1. The number of ether oxygens (including phenoxy) is 1. The molecule has 18 heavy (non-hydrogen) atoms. The molecule has 3 heteroatoms. The molecule has 2 rings (SSSR count). The monoisotopic (exact) mass is 244 g/mol. The SMILES string of the molecule is CCOC1=CCC=C2C=CCC=CC2=C1C(=O)O. The number of rotatable bonds is 3. The van der Waals surface area contributed by atoms with E-state index >= 15 is 0 Å². The van der Waals surface area contributed by atoms with Crippen molar-refractivity contribution in [3.8, 4) is 0 Å². The van der Waals surface area contributed by atoms with Crippen LogP contribution in [-0.2, 0) is 9.53 Å². The van der Waals surface area contributed by atoms with Gasteiger partial charge in [-0.1, -0.05) is 30.4 Å². The highest BCUT2D eigenvalue weighted by molar-refractivity contribution is 5.94. The average Bonchev–Trinajstić information content (AvgIpc) is 2.62. The third-order valence-electron chi connectivity index (χ3n) is 2.84. The second-order valence-corrected chi connectivity index (χ2v) is 4.03. The Kier molecular flexibility index (Phi) is 3.82. The molecule has 0 saturated heterocycles. The molecule has 0 fully saturated rings. The molecular weight excluding hydrogens is 228 g/mol. The standard InChI is InChI=1S/C15H16O3/c1-2-18-13-10-6-8-11-7-4-3-5-9-12(11)14(13)15(16)17/h4-5,7-10H,2-3,6H2,1H3,(H,16,17). The molecule has 0 radical (unpaired) electrons. The second kappa shape index (κ2) is 5.54. The van der Waals surface area contributed by atoms with Crippen LogP contribution in [0.3, 0.4) is 0 Å². The normalized spacial score (nSPS) is 18.5. The molecule has 0 saturated carbocycles. The summed E-state index contributed by atoms with van der Waals surface area (Å²) in [4.78, 5) is 11.5. The number of fused-ring (bicyclic) bond motifs is 1. The molecule has 0 unspecified atom stereocenters. The lowest BCUT2D eigenvalue weighted by molar-refractivity contribution is -0.132. The van der Waals surface area contributed by atoms with Crippen molar-refractivity contribution in [2.24, 2.45) is 0 Å².